The summed E-state index contributed by atoms with van der Waals surface area (Å²) in [4.78, 5) is 27.9. The van der Waals surface area contributed by atoms with Gasteiger partial charge in [0.1, 0.15) is 0 Å². The summed E-state index contributed by atoms with van der Waals surface area (Å²) in [5.74, 6) is 1.29. The third-order valence-electron chi connectivity index (χ3n) is 7.19. The van der Waals surface area contributed by atoms with E-state index in [-0.39, 0.29) is 23.4 Å². The molecule has 1 saturated heterocycles. The Kier molecular flexibility index (Phi) is 6.67. The van der Waals surface area contributed by atoms with Gasteiger partial charge in [0.2, 0.25) is 0 Å². The second kappa shape index (κ2) is 9.43. The van der Waals surface area contributed by atoms with Crippen LogP contribution in [0.3, 0.4) is 0 Å². The van der Waals surface area contributed by atoms with Gasteiger partial charge in [-0.2, -0.15) is 0 Å². The second-order valence-electron chi connectivity index (χ2n) is 9.58. The van der Waals surface area contributed by atoms with E-state index in [1.54, 1.807) is 5.57 Å². The smallest absolute Gasteiger partial charge is 0.166 e. The molecule has 0 aromatic heterocycles. The number of likely N-dealkylation sites (tertiary alicyclic amines) is 1. The van der Waals surface area contributed by atoms with Crippen LogP contribution in [0, 0.1) is 17.8 Å². The molecule has 160 valence electrons. The van der Waals surface area contributed by atoms with E-state index in [0.717, 1.165) is 61.5 Å². The summed E-state index contributed by atoms with van der Waals surface area (Å²) in [6.07, 6.45) is 14.7. The van der Waals surface area contributed by atoms with Crippen LogP contribution in [0.15, 0.2) is 42.0 Å². The number of ketones is 2. The van der Waals surface area contributed by atoms with E-state index in [2.05, 4.69) is 23.1 Å². The summed E-state index contributed by atoms with van der Waals surface area (Å²) < 4.78 is 0. The van der Waals surface area contributed by atoms with E-state index in [1.807, 2.05) is 32.0 Å². The Hall–Kier alpha value is -2.00. The van der Waals surface area contributed by atoms with Gasteiger partial charge in [-0.3, -0.25) is 9.59 Å². The Morgan fingerprint density at radius 1 is 1.13 bits per heavy atom. The van der Waals surface area contributed by atoms with E-state index in [0.29, 0.717) is 0 Å². The number of rotatable bonds is 6. The highest BCUT2D eigenvalue weighted by Gasteiger charge is 2.29. The molecule has 0 radical (unpaired) electrons. The van der Waals surface area contributed by atoms with Crippen molar-refractivity contribution in [2.45, 2.75) is 58.8 Å². The van der Waals surface area contributed by atoms with Gasteiger partial charge in [-0.05, 0) is 87.7 Å². The molecule has 1 heterocycles. The molecule has 4 rings (SSSR count). The van der Waals surface area contributed by atoms with Gasteiger partial charge in [-0.1, -0.05) is 44.2 Å². The van der Waals surface area contributed by atoms with Crippen LogP contribution in [0.1, 0.15) is 78.7 Å². The first-order valence-electron chi connectivity index (χ1n) is 11.8. The molecule has 3 nitrogen and oxygen atoms in total. The first-order valence-corrected chi connectivity index (χ1v) is 11.8. The molecule has 0 bridgehead atoms. The molecule has 0 spiro atoms. The van der Waals surface area contributed by atoms with Crippen molar-refractivity contribution in [1.82, 2.24) is 4.90 Å². The average Bonchev–Trinajstić information content (AvgIpc) is 2.79. The summed E-state index contributed by atoms with van der Waals surface area (Å²) in [6, 6.07) is 5.71. The normalized spacial score (nSPS) is 22.8. The van der Waals surface area contributed by atoms with Crippen molar-refractivity contribution < 1.29 is 9.59 Å². The molecule has 3 heteroatoms. The lowest BCUT2D eigenvalue weighted by Gasteiger charge is -2.34. The van der Waals surface area contributed by atoms with Crippen molar-refractivity contribution in [3.63, 3.8) is 0 Å². The molecule has 1 aromatic carbocycles. The van der Waals surface area contributed by atoms with Gasteiger partial charge in [0, 0.05) is 23.0 Å². The number of allylic oxidation sites excluding steroid dienone is 4. The van der Waals surface area contributed by atoms with Crippen LogP contribution in [-0.4, -0.2) is 36.1 Å². The minimum atomic E-state index is -0.00958. The molecule has 1 atom stereocenters. The van der Waals surface area contributed by atoms with Gasteiger partial charge in [0.15, 0.2) is 11.6 Å². The molecule has 0 N–H and O–H groups in total. The maximum Gasteiger partial charge on any atom is 0.166 e. The van der Waals surface area contributed by atoms with Gasteiger partial charge in [-0.15, -0.1) is 0 Å². The number of piperidine rings is 1. The van der Waals surface area contributed by atoms with Crippen LogP contribution in [0.25, 0.3) is 0 Å². The lowest BCUT2D eigenvalue weighted by atomic mass is 9.79. The fraction of sp³-hybridized carbons (Fsp3) is 0.556. The van der Waals surface area contributed by atoms with Crippen molar-refractivity contribution in [1.29, 1.82) is 0 Å². The van der Waals surface area contributed by atoms with Gasteiger partial charge in [0.25, 0.3) is 0 Å². The molecule has 0 amide bonds. The van der Waals surface area contributed by atoms with Crippen molar-refractivity contribution >= 4 is 11.6 Å². The van der Waals surface area contributed by atoms with Gasteiger partial charge < -0.3 is 4.90 Å². The molecule has 0 saturated carbocycles. The first-order chi connectivity index (χ1) is 14.5. The number of fused-ring (bicyclic) bond motifs is 1. The lowest BCUT2D eigenvalue weighted by molar-refractivity contribution is 0.0873. The quantitative estimate of drug-likeness (QED) is 0.574. The van der Waals surface area contributed by atoms with Crippen LogP contribution in [-0.2, 0) is 6.42 Å². The predicted octanol–water partition coefficient (Wildman–Crippen LogP) is 5.65. The van der Waals surface area contributed by atoms with Gasteiger partial charge in [-0.25, -0.2) is 0 Å². The number of nitrogens with zero attached hydrogens (tertiary/aromatic N) is 1. The standard InChI is InChI=1S/C27H35NO2/c1-19(2)26(29)24-10-11-25-23(18-24)9-8-22(27(25)30)14-17-28-15-12-21(13-16-28)20-6-4-3-5-7-20/h4,6-7,10-11,18-19,21-22H,3,5,8-9,12-17H2,1-2H3. The minimum Gasteiger partial charge on any atom is -0.303 e. The SMILES string of the molecule is CC(C)C(=O)c1ccc2c(c1)CCC(CCN1CCC(C3=CCCC=C3)CC1)C2=O. The van der Waals surface area contributed by atoms with E-state index in [1.165, 1.54) is 25.7 Å². The molecule has 1 fully saturated rings. The number of carbonyl (C=O) groups excluding carboxylic acids is 2. The molecular weight excluding hydrogens is 370 g/mol. The number of aryl methyl sites for hydroxylation is 1. The van der Waals surface area contributed by atoms with E-state index in [9.17, 15) is 9.59 Å². The highest BCUT2D eigenvalue weighted by atomic mass is 16.1. The van der Waals surface area contributed by atoms with Crippen LogP contribution in [0.5, 0.6) is 0 Å². The largest absolute Gasteiger partial charge is 0.303 e. The van der Waals surface area contributed by atoms with Crippen LogP contribution < -0.4 is 0 Å². The highest BCUT2D eigenvalue weighted by Crippen LogP contribution is 2.31. The lowest BCUT2D eigenvalue weighted by Crippen LogP contribution is -2.36. The Morgan fingerprint density at radius 2 is 1.93 bits per heavy atom. The molecule has 1 aliphatic heterocycles. The summed E-state index contributed by atoms with van der Waals surface area (Å²) in [7, 11) is 0. The monoisotopic (exact) mass is 405 g/mol. The van der Waals surface area contributed by atoms with E-state index in [4.69, 9.17) is 0 Å². The summed E-state index contributed by atoms with van der Waals surface area (Å²) >= 11 is 0. The third-order valence-corrected chi connectivity index (χ3v) is 7.19. The molecule has 3 aliphatic rings. The van der Waals surface area contributed by atoms with E-state index < -0.39 is 0 Å². The van der Waals surface area contributed by atoms with Crippen molar-refractivity contribution in [2.24, 2.45) is 17.8 Å². The molecular formula is C27H35NO2. The molecule has 1 aromatic rings. The Balaban J connectivity index is 1.30. The highest BCUT2D eigenvalue weighted by molar-refractivity contribution is 6.03. The number of benzene rings is 1. The predicted molar refractivity (Wildman–Crippen MR) is 122 cm³/mol. The van der Waals surface area contributed by atoms with Gasteiger partial charge >= 0.3 is 0 Å². The minimum absolute atomic E-state index is 0.00958. The van der Waals surface area contributed by atoms with Crippen LogP contribution in [0.4, 0.5) is 0 Å². The van der Waals surface area contributed by atoms with Gasteiger partial charge in [0.05, 0.1) is 0 Å². The topological polar surface area (TPSA) is 37.4 Å². The fourth-order valence-corrected chi connectivity index (χ4v) is 5.25. The number of carbonyl (C=O) groups is 2. The maximum absolute atomic E-state index is 13.0. The number of hydrogen-bond donors (Lipinski definition) is 0. The summed E-state index contributed by atoms with van der Waals surface area (Å²) in [5.41, 5.74) is 4.22. The Bertz CT molecular complexity index is 856. The summed E-state index contributed by atoms with van der Waals surface area (Å²) in [6.45, 7) is 7.17. The fourth-order valence-electron chi connectivity index (χ4n) is 5.25. The molecule has 2 aliphatic carbocycles. The zero-order chi connectivity index (χ0) is 21.1. The van der Waals surface area contributed by atoms with Crippen molar-refractivity contribution in [3.8, 4) is 0 Å². The first kappa shape index (κ1) is 21.2. The zero-order valence-corrected chi connectivity index (χ0v) is 18.5. The second-order valence-corrected chi connectivity index (χ2v) is 9.58. The maximum atomic E-state index is 13.0. The van der Waals surface area contributed by atoms with Crippen molar-refractivity contribution in [2.75, 3.05) is 19.6 Å². The van der Waals surface area contributed by atoms with Crippen LogP contribution in [0.2, 0.25) is 0 Å². The zero-order valence-electron chi connectivity index (χ0n) is 18.5. The average molecular weight is 406 g/mol. The van der Waals surface area contributed by atoms with Crippen LogP contribution >= 0.6 is 0 Å². The number of hydrogen-bond acceptors (Lipinski definition) is 3. The third kappa shape index (κ3) is 4.67. The van der Waals surface area contributed by atoms with E-state index >= 15 is 0 Å². The summed E-state index contributed by atoms with van der Waals surface area (Å²) in [5, 5.41) is 0. The Labute approximate surface area is 181 Å². The molecule has 1 unspecified atom stereocenters. The molecule has 30 heavy (non-hydrogen) atoms. The Morgan fingerprint density at radius 3 is 2.63 bits per heavy atom. The number of Topliss-reactive ketones (excluding diaryl/α,β-unsaturated/α-hetero) is 2. The van der Waals surface area contributed by atoms with Crippen molar-refractivity contribution in [3.05, 3.63) is 58.7 Å².